The smallest absolute Gasteiger partial charge is 0.490 e. The molecule has 29 heavy (non-hydrogen) atoms. The number of nitriles is 1. The number of nitrogen functional groups attached to an aromatic ring is 1. The van der Waals surface area contributed by atoms with E-state index in [1.165, 1.54) is 0 Å². The summed E-state index contributed by atoms with van der Waals surface area (Å²) in [5.41, 5.74) is 9.25. The van der Waals surface area contributed by atoms with Gasteiger partial charge in [0.25, 0.3) is 0 Å². The van der Waals surface area contributed by atoms with Crippen molar-refractivity contribution in [2.24, 2.45) is 0 Å². The molecular formula is C18H14F3N5O3. The van der Waals surface area contributed by atoms with Gasteiger partial charge in [0.05, 0.1) is 31.0 Å². The minimum Gasteiger partial charge on any atom is -0.497 e. The van der Waals surface area contributed by atoms with Crippen LogP contribution < -0.4 is 10.5 Å². The number of halogens is 3. The number of rotatable bonds is 3. The van der Waals surface area contributed by atoms with Crippen molar-refractivity contribution < 1.29 is 27.8 Å². The number of hydrogen-bond acceptors (Lipinski definition) is 6. The molecule has 2 aromatic heterocycles. The molecule has 0 bridgehead atoms. The quantitative estimate of drug-likeness (QED) is 0.608. The van der Waals surface area contributed by atoms with Crippen LogP contribution in [0, 0.1) is 11.3 Å². The second kappa shape index (κ2) is 8.75. The van der Waals surface area contributed by atoms with Crippen LogP contribution in [0.25, 0.3) is 22.5 Å². The molecule has 4 N–H and O–H groups in total. The van der Waals surface area contributed by atoms with Crippen molar-refractivity contribution in [1.29, 1.82) is 5.26 Å². The van der Waals surface area contributed by atoms with Crippen molar-refractivity contribution in [3.8, 4) is 34.3 Å². The second-order valence-electron chi connectivity index (χ2n) is 5.42. The maximum absolute atomic E-state index is 10.6. The first-order valence-corrected chi connectivity index (χ1v) is 7.81. The number of carbonyl (C=O) groups is 1. The molecule has 0 saturated carbocycles. The maximum Gasteiger partial charge on any atom is 0.490 e. The summed E-state index contributed by atoms with van der Waals surface area (Å²) in [6.07, 6.45) is -1.88. The predicted molar refractivity (Wildman–Crippen MR) is 96.6 cm³/mol. The molecule has 0 aliphatic rings. The van der Waals surface area contributed by atoms with E-state index in [4.69, 9.17) is 20.4 Å². The average Bonchev–Trinajstić information content (AvgIpc) is 3.22. The highest BCUT2D eigenvalue weighted by Gasteiger charge is 2.38. The molecule has 150 valence electrons. The standard InChI is InChI=1S/C16H13N5O.C2HF3O2/c1-22-11-4-2-10(3-5-11)14-6-12(15-8-19-9-20-15)13(7-17)16(18)21-14;3-2(4,5)1(6)7/h2-6,8-9H,1H3,(H2,18,21)(H,19,20);(H,6,7). The van der Waals surface area contributed by atoms with Crippen LogP contribution in [0.5, 0.6) is 5.75 Å². The van der Waals surface area contributed by atoms with Gasteiger partial charge in [-0.25, -0.2) is 14.8 Å². The van der Waals surface area contributed by atoms with E-state index in [2.05, 4.69) is 21.0 Å². The first-order valence-electron chi connectivity index (χ1n) is 7.81. The van der Waals surface area contributed by atoms with Gasteiger partial charge in [0, 0.05) is 11.1 Å². The molecule has 0 amide bonds. The zero-order valence-electron chi connectivity index (χ0n) is 14.9. The normalized spacial score (nSPS) is 10.4. The summed E-state index contributed by atoms with van der Waals surface area (Å²) in [6.45, 7) is 0. The van der Waals surface area contributed by atoms with Gasteiger partial charge in [0.1, 0.15) is 23.2 Å². The van der Waals surface area contributed by atoms with Crippen molar-refractivity contribution in [3.63, 3.8) is 0 Å². The van der Waals surface area contributed by atoms with Gasteiger partial charge in [-0.05, 0) is 30.3 Å². The average molecular weight is 405 g/mol. The number of carboxylic acid groups (broad SMARTS) is 1. The molecule has 0 aliphatic carbocycles. The minimum absolute atomic E-state index is 0.195. The highest BCUT2D eigenvalue weighted by Crippen LogP contribution is 2.30. The molecule has 8 nitrogen and oxygen atoms in total. The Kier molecular flexibility index (Phi) is 6.40. The summed E-state index contributed by atoms with van der Waals surface area (Å²) in [4.78, 5) is 20.2. The Bertz CT molecular complexity index is 1030. The number of H-pyrrole nitrogens is 1. The fraction of sp³-hybridized carbons (Fsp3) is 0.111. The third kappa shape index (κ3) is 5.23. The Labute approximate surface area is 162 Å². The number of aromatic amines is 1. The van der Waals surface area contributed by atoms with E-state index in [0.29, 0.717) is 16.8 Å². The number of imidazole rings is 1. The van der Waals surface area contributed by atoms with Crippen LogP contribution in [0.4, 0.5) is 19.0 Å². The Morgan fingerprint density at radius 1 is 1.31 bits per heavy atom. The molecule has 0 radical (unpaired) electrons. The summed E-state index contributed by atoms with van der Waals surface area (Å²) in [6, 6.07) is 11.4. The monoisotopic (exact) mass is 405 g/mol. The number of carboxylic acids is 1. The lowest BCUT2D eigenvalue weighted by Crippen LogP contribution is -2.21. The van der Waals surface area contributed by atoms with E-state index in [1.54, 1.807) is 19.6 Å². The van der Waals surface area contributed by atoms with Crippen molar-refractivity contribution in [2.75, 3.05) is 12.8 Å². The Morgan fingerprint density at radius 3 is 2.38 bits per heavy atom. The first-order chi connectivity index (χ1) is 13.7. The molecule has 0 fully saturated rings. The molecule has 3 rings (SSSR count). The van der Waals surface area contributed by atoms with Crippen LogP contribution in [0.15, 0.2) is 42.9 Å². The number of methoxy groups -OCH3 is 1. The van der Waals surface area contributed by atoms with Crippen LogP contribution >= 0.6 is 0 Å². The molecule has 0 saturated heterocycles. The number of pyridine rings is 1. The zero-order chi connectivity index (χ0) is 21.6. The molecule has 0 atom stereocenters. The lowest BCUT2D eigenvalue weighted by atomic mass is 10.0. The number of anilines is 1. The summed E-state index contributed by atoms with van der Waals surface area (Å²) < 4.78 is 36.9. The molecule has 0 unspecified atom stereocenters. The summed E-state index contributed by atoms with van der Waals surface area (Å²) in [5, 5.41) is 16.4. The lowest BCUT2D eigenvalue weighted by molar-refractivity contribution is -0.192. The van der Waals surface area contributed by atoms with Crippen LogP contribution in [-0.4, -0.2) is 39.3 Å². The van der Waals surface area contributed by atoms with E-state index in [1.807, 2.05) is 30.3 Å². The van der Waals surface area contributed by atoms with Gasteiger partial charge in [-0.3, -0.25) is 0 Å². The van der Waals surface area contributed by atoms with Gasteiger partial charge in [0.15, 0.2) is 0 Å². The number of alkyl halides is 3. The van der Waals surface area contributed by atoms with Crippen LogP contribution in [0.2, 0.25) is 0 Å². The first kappa shape index (κ1) is 21.2. The number of nitrogens with one attached hydrogen (secondary N) is 1. The Hall–Kier alpha value is -4.07. The van der Waals surface area contributed by atoms with E-state index in [9.17, 15) is 18.4 Å². The van der Waals surface area contributed by atoms with Crippen molar-refractivity contribution in [2.45, 2.75) is 6.18 Å². The van der Waals surface area contributed by atoms with Gasteiger partial charge in [-0.1, -0.05) is 0 Å². The lowest BCUT2D eigenvalue weighted by Gasteiger charge is -2.09. The van der Waals surface area contributed by atoms with Crippen molar-refractivity contribution >= 4 is 11.8 Å². The molecule has 3 aromatic rings. The molecular weight excluding hydrogens is 391 g/mol. The third-order valence-electron chi connectivity index (χ3n) is 3.58. The minimum atomic E-state index is -5.08. The second-order valence-corrected chi connectivity index (χ2v) is 5.42. The number of ether oxygens (including phenoxy) is 1. The SMILES string of the molecule is COc1ccc(-c2cc(-c3cnc[nH]3)c(C#N)c(N)n2)cc1.O=C(O)C(F)(F)F. The predicted octanol–water partition coefficient (Wildman–Crippen LogP) is 3.23. The van der Waals surface area contributed by atoms with Gasteiger partial charge in [-0.15, -0.1) is 0 Å². The maximum atomic E-state index is 10.6. The third-order valence-corrected chi connectivity index (χ3v) is 3.58. The topological polar surface area (TPSA) is 138 Å². The largest absolute Gasteiger partial charge is 0.497 e. The summed E-state index contributed by atoms with van der Waals surface area (Å²) in [5.74, 6) is -1.80. The number of aromatic nitrogens is 3. The fourth-order valence-electron chi connectivity index (χ4n) is 2.21. The van der Waals surface area contributed by atoms with E-state index in [-0.39, 0.29) is 5.82 Å². The number of hydrogen-bond donors (Lipinski definition) is 3. The molecule has 0 aliphatic heterocycles. The molecule has 2 heterocycles. The van der Waals surface area contributed by atoms with Gasteiger partial charge in [0.2, 0.25) is 0 Å². The number of nitrogens with two attached hydrogens (primary N) is 1. The number of nitrogens with zero attached hydrogens (tertiary/aromatic N) is 3. The Morgan fingerprint density at radius 2 is 1.93 bits per heavy atom. The summed E-state index contributed by atoms with van der Waals surface area (Å²) >= 11 is 0. The Balaban J connectivity index is 0.000000370. The van der Waals surface area contributed by atoms with Crippen LogP contribution in [0.3, 0.4) is 0 Å². The highest BCUT2D eigenvalue weighted by molar-refractivity contribution is 5.78. The van der Waals surface area contributed by atoms with Gasteiger partial charge in [-0.2, -0.15) is 18.4 Å². The van der Waals surface area contributed by atoms with E-state index in [0.717, 1.165) is 17.0 Å². The summed E-state index contributed by atoms with van der Waals surface area (Å²) in [7, 11) is 1.61. The van der Waals surface area contributed by atoms with Gasteiger partial charge >= 0.3 is 12.1 Å². The van der Waals surface area contributed by atoms with Crippen LogP contribution in [0.1, 0.15) is 5.56 Å². The van der Waals surface area contributed by atoms with E-state index >= 15 is 0 Å². The number of aliphatic carboxylic acids is 1. The van der Waals surface area contributed by atoms with Crippen LogP contribution in [-0.2, 0) is 4.79 Å². The fourth-order valence-corrected chi connectivity index (χ4v) is 2.21. The highest BCUT2D eigenvalue weighted by atomic mass is 19.4. The van der Waals surface area contributed by atoms with Gasteiger partial charge < -0.3 is 20.6 Å². The molecule has 0 spiro atoms. The zero-order valence-corrected chi connectivity index (χ0v) is 14.9. The number of benzene rings is 1. The van der Waals surface area contributed by atoms with E-state index < -0.39 is 12.1 Å². The van der Waals surface area contributed by atoms with Crippen molar-refractivity contribution in [3.05, 3.63) is 48.4 Å². The molecule has 11 heteroatoms. The molecule has 1 aromatic carbocycles. The van der Waals surface area contributed by atoms with Crippen molar-refractivity contribution in [1.82, 2.24) is 15.0 Å².